The molecule has 96 valence electrons. The van der Waals surface area contributed by atoms with E-state index in [1.807, 2.05) is 0 Å². The number of aromatic nitrogens is 2. The Morgan fingerprint density at radius 1 is 1.22 bits per heavy atom. The van der Waals surface area contributed by atoms with Gasteiger partial charge < -0.3 is 19.0 Å². The summed E-state index contributed by atoms with van der Waals surface area (Å²) in [6, 6.07) is 5.25. The first-order chi connectivity index (χ1) is 8.65. The molecule has 0 aliphatic rings. The van der Waals surface area contributed by atoms with Crippen molar-refractivity contribution in [1.82, 2.24) is 10.2 Å². The zero-order chi connectivity index (χ0) is 13.1. The number of benzene rings is 1. The van der Waals surface area contributed by atoms with E-state index in [1.165, 1.54) is 0 Å². The molecule has 2 rings (SSSR count). The minimum Gasteiger partial charge on any atom is -0.497 e. The van der Waals surface area contributed by atoms with Gasteiger partial charge >= 0.3 is 0 Å². The van der Waals surface area contributed by atoms with Crippen molar-refractivity contribution in [3.05, 3.63) is 24.1 Å². The number of rotatable bonds is 4. The van der Waals surface area contributed by atoms with Gasteiger partial charge in [0.2, 0.25) is 5.89 Å². The maximum Gasteiger partial charge on any atom is 0.251 e. The molecule has 0 spiro atoms. The molecule has 6 heteroatoms. The number of hydrogen-bond donors (Lipinski definition) is 1. The third-order valence-corrected chi connectivity index (χ3v) is 2.44. The molecule has 1 atom stereocenters. The van der Waals surface area contributed by atoms with Gasteiger partial charge in [-0.3, -0.25) is 0 Å². The SMILES string of the molecule is COc1ccc(-c2nnc(C(C)O)o2)c(OC)c1. The summed E-state index contributed by atoms with van der Waals surface area (Å²) in [7, 11) is 3.12. The van der Waals surface area contributed by atoms with E-state index in [4.69, 9.17) is 13.9 Å². The van der Waals surface area contributed by atoms with Gasteiger partial charge in [0.15, 0.2) is 0 Å². The van der Waals surface area contributed by atoms with E-state index >= 15 is 0 Å². The third-order valence-electron chi connectivity index (χ3n) is 2.44. The van der Waals surface area contributed by atoms with E-state index in [1.54, 1.807) is 39.3 Å². The molecular formula is C12H14N2O4. The second kappa shape index (κ2) is 5.05. The van der Waals surface area contributed by atoms with Crippen LogP contribution in [0.25, 0.3) is 11.5 Å². The maximum atomic E-state index is 9.35. The summed E-state index contributed by atoms with van der Waals surface area (Å²) in [4.78, 5) is 0. The molecule has 1 unspecified atom stereocenters. The van der Waals surface area contributed by atoms with Crippen molar-refractivity contribution in [2.24, 2.45) is 0 Å². The molecule has 18 heavy (non-hydrogen) atoms. The largest absolute Gasteiger partial charge is 0.497 e. The Kier molecular flexibility index (Phi) is 3.47. The molecule has 1 N–H and O–H groups in total. The Bertz CT molecular complexity index is 537. The average molecular weight is 250 g/mol. The van der Waals surface area contributed by atoms with Gasteiger partial charge in [-0.15, -0.1) is 10.2 Å². The van der Waals surface area contributed by atoms with Crippen LogP contribution in [-0.2, 0) is 0 Å². The molecule has 1 heterocycles. The normalized spacial score (nSPS) is 12.2. The Morgan fingerprint density at radius 3 is 2.56 bits per heavy atom. The summed E-state index contributed by atoms with van der Waals surface area (Å²) in [5.74, 6) is 1.70. The lowest BCUT2D eigenvalue weighted by Gasteiger charge is -2.07. The summed E-state index contributed by atoms with van der Waals surface area (Å²) < 4.78 is 15.7. The molecule has 1 aromatic heterocycles. The summed E-state index contributed by atoms with van der Waals surface area (Å²) in [5, 5.41) is 17.0. The highest BCUT2D eigenvalue weighted by atomic mass is 16.5. The predicted octanol–water partition coefficient (Wildman–Crippen LogP) is 1.81. The van der Waals surface area contributed by atoms with E-state index in [2.05, 4.69) is 10.2 Å². The molecule has 0 aliphatic carbocycles. The van der Waals surface area contributed by atoms with Gasteiger partial charge in [-0.2, -0.15) is 0 Å². The van der Waals surface area contributed by atoms with Gasteiger partial charge in [-0.1, -0.05) is 0 Å². The van der Waals surface area contributed by atoms with Crippen LogP contribution >= 0.6 is 0 Å². The maximum absolute atomic E-state index is 9.35. The topological polar surface area (TPSA) is 77.6 Å². The minimum atomic E-state index is -0.796. The minimum absolute atomic E-state index is 0.169. The third kappa shape index (κ3) is 2.28. The van der Waals surface area contributed by atoms with Gasteiger partial charge in [0, 0.05) is 6.07 Å². The highest BCUT2D eigenvalue weighted by Crippen LogP contribution is 2.32. The fourth-order valence-corrected chi connectivity index (χ4v) is 1.49. The van der Waals surface area contributed by atoms with Crippen LogP contribution in [0, 0.1) is 0 Å². The lowest BCUT2D eigenvalue weighted by atomic mass is 10.2. The molecule has 0 radical (unpaired) electrons. The van der Waals surface area contributed by atoms with Gasteiger partial charge in [0.05, 0.1) is 19.8 Å². The number of aliphatic hydroxyl groups is 1. The number of ether oxygens (including phenoxy) is 2. The zero-order valence-electron chi connectivity index (χ0n) is 10.4. The Labute approximate surface area is 104 Å². The molecule has 0 fully saturated rings. The summed E-state index contributed by atoms with van der Waals surface area (Å²) >= 11 is 0. The van der Waals surface area contributed by atoms with Gasteiger partial charge in [0.1, 0.15) is 17.6 Å². The molecule has 1 aromatic carbocycles. The molecule has 6 nitrogen and oxygen atoms in total. The first-order valence-electron chi connectivity index (χ1n) is 5.39. The van der Waals surface area contributed by atoms with Gasteiger partial charge in [0.25, 0.3) is 5.89 Å². The van der Waals surface area contributed by atoms with E-state index in [-0.39, 0.29) is 5.89 Å². The van der Waals surface area contributed by atoms with Crippen molar-refractivity contribution in [3.8, 4) is 23.0 Å². The number of methoxy groups -OCH3 is 2. The molecule has 2 aromatic rings. The Balaban J connectivity index is 2.42. The molecular weight excluding hydrogens is 236 g/mol. The predicted molar refractivity (Wildman–Crippen MR) is 63.5 cm³/mol. The summed E-state index contributed by atoms with van der Waals surface area (Å²) in [6.07, 6.45) is -0.796. The smallest absolute Gasteiger partial charge is 0.251 e. The van der Waals surface area contributed by atoms with Crippen LogP contribution in [0.4, 0.5) is 0 Å². The first-order valence-corrected chi connectivity index (χ1v) is 5.39. The molecule has 0 aliphatic heterocycles. The number of aliphatic hydroxyl groups excluding tert-OH is 1. The van der Waals surface area contributed by atoms with Crippen LogP contribution in [0.3, 0.4) is 0 Å². The highest BCUT2D eigenvalue weighted by molar-refractivity contribution is 5.64. The summed E-state index contributed by atoms with van der Waals surface area (Å²) in [5.41, 5.74) is 0.651. The summed E-state index contributed by atoms with van der Waals surface area (Å²) in [6.45, 7) is 1.56. The van der Waals surface area contributed by atoms with Crippen molar-refractivity contribution < 1.29 is 19.0 Å². The standard InChI is InChI=1S/C12H14N2O4/c1-7(15)11-13-14-12(18-11)9-5-4-8(16-2)6-10(9)17-3/h4-7,15H,1-3H3. The van der Waals surface area contributed by atoms with Crippen molar-refractivity contribution in [2.45, 2.75) is 13.0 Å². The molecule has 0 amide bonds. The highest BCUT2D eigenvalue weighted by Gasteiger charge is 2.16. The van der Waals surface area contributed by atoms with Crippen molar-refractivity contribution in [3.63, 3.8) is 0 Å². The van der Waals surface area contributed by atoms with E-state index < -0.39 is 6.10 Å². The lowest BCUT2D eigenvalue weighted by Crippen LogP contribution is -1.90. The lowest BCUT2D eigenvalue weighted by molar-refractivity contribution is 0.163. The van der Waals surface area contributed by atoms with Crippen LogP contribution in [0.1, 0.15) is 18.9 Å². The van der Waals surface area contributed by atoms with Gasteiger partial charge in [-0.05, 0) is 19.1 Å². The van der Waals surface area contributed by atoms with E-state index in [0.29, 0.717) is 23.0 Å². The average Bonchev–Trinajstić information content (AvgIpc) is 2.87. The van der Waals surface area contributed by atoms with Gasteiger partial charge in [-0.25, -0.2) is 0 Å². The molecule has 0 saturated heterocycles. The second-order valence-electron chi connectivity index (χ2n) is 3.69. The Hall–Kier alpha value is -2.08. The van der Waals surface area contributed by atoms with Crippen molar-refractivity contribution in [1.29, 1.82) is 0 Å². The fraction of sp³-hybridized carbons (Fsp3) is 0.333. The first kappa shape index (κ1) is 12.4. The van der Waals surface area contributed by atoms with Crippen LogP contribution in [-0.4, -0.2) is 29.5 Å². The Morgan fingerprint density at radius 2 is 2.00 bits per heavy atom. The van der Waals surface area contributed by atoms with Crippen LogP contribution < -0.4 is 9.47 Å². The van der Waals surface area contributed by atoms with E-state index in [9.17, 15) is 5.11 Å². The van der Waals surface area contributed by atoms with Crippen molar-refractivity contribution in [2.75, 3.05) is 14.2 Å². The van der Waals surface area contributed by atoms with Crippen LogP contribution in [0.2, 0.25) is 0 Å². The molecule has 0 saturated carbocycles. The monoisotopic (exact) mass is 250 g/mol. The molecule has 0 bridgehead atoms. The van der Waals surface area contributed by atoms with E-state index in [0.717, 1.165) is 0 Å². The zero-order valence-corrected chi connectivity index (χ0v) is 10.4. The van der Waals surface area contributed by atoms with Crippen LogP contribution in [0.5, 0.6) is 11.5 Å². The second-order valence-corrected chi connectivity index (χ2v) is 3.69. The number of nitrogens with zero attached hydrogens (tertiary/aromatic N) is 2. The fourth-order valence-electron chi connectivity index (χ4n) is 1.49. The number of hydrogen-bond acceptors (Lipinski definition) is 6. The van der Waals surface area contributed by atoms with Crippen LogP contribution in [0.15, 0.2) is 22.6 Å². The van der Waals surface area contributed by atoms with Crippen molar-refractivity contribution >= 4 is 0 Å². The quantitative estimate of drug-likeness (QED) is 0.891.